The third kappa shape index (κ3) is 5.00. The number of nitrogens with two attached hydrogens (primary N) is 1. The molecule has 0 heterocycles. The predicted octanol–water partition coefficient (Wildman–Crippen LogP) is 1.98. The fraction of sp³-hybridized carbons (Fsp3) is 0.500. The predicted molar refractivity (Wildman–Crippen MR) is 70.5 cm³/mol. The quantitative estimate of drug-likeness (QED) is 0.818. The number of amides is 1. The summed E-state index contributed by atoms with van der Waals surface area (Å²) < 4.78 is 0. The molecule has 0 saturated heterocycles. The molecule has 1 aromatic rings. The maximum absolute atomic E-state index is 11.7. The van der Waals surface area contributed by atoms with Crippen LogP contribution in [0.2, 0.25) is 0 Å². The number of carbonyl (C=O) groups is 1. The number of carbonyl (C=O) groups excluding carboxylic acids is 1. The van der Waals surface area contributed by atoms with Crippen LogP contribution in [-0.2, 0) is 11.3 Å². The Balaban J connectivity index is 2.40. The summed E-state index contributed by atoms with van der Waals surface area (Å²) in [6.45, 7) is 6.71. The molecule has 0 aliphatic carbocycles. The molecule has 0 aliphatic rings. The third-order valence-corrected chi connectivity index (χ3v) is 2.65. The summed E-state index contributed by atoms with van der Waals surface area (Å²) in [5.74, 6) is 0.370. The molecule has 1 rings (SSSR count). The second-order valence-corrected chi connectivity index (χ2v) is 4.94. The van der Waals surface area contributed by atoms with Gasteiger partial charge in [-0.15, -0.1) is 0 Å². The molecule has 3 heteroatoms. The summed E-state index contributed by atoms with van der Waals surface area (Å²) in [6.07, 6.45) is 0.722. The molecule has 1 atom stereocenters. The first-order valence-electron chi connectivity index (χ1n) is 6.08. The fourth-order valence-electron chi connectivity index (χ4n) is 1.64. The van der Waals surface area contributed by atoms with E-state index in [1.807, 2.05) is 31.2 Å². The molecule has 0 bridgehead atoms. The van der Waals surface area contributed by atoms with Crippen molar-refractivity contribution in [3.05, 3.63) is 35.4 Å². The maximum Gasteiger partial charge on any atom is 0.237 e. The minimum atomic E-state index is -0.402. The van der Waals surface area contributed by atoms with Gasteiger partial charge in [0.15, 0.2) is 0 Å². The van der Waals surface area contributed by atoms with Crippen LogP contribution in [0.25, 0.3) is 0 Å². The van der Waals surface area contributed by atoms with E-state index in [0.29, 0.717) is 12.5 Å². The van der Waals surface area contributed by atoms with Crippen LogP contribution in [-0.4, -0.2) is 11.9 Å². The van der Waals surface area contributed by atoms with Crippen molar-refractivity contribution >= 4 is 5.91 Å². The number of aryl methyl sites for hydroxylation is 1. The van der Waals surface area contributed by atoms with Crippen molar-refractivity contribution in [3.63, 3.8) is 0 Å². The zero-order chi connectivity index (χ0) is 12.8. The highest BCUT2D eigenvalue weighted by Gasteiger charge is 2.14. The molecule has 1 unspecified atom stereocenters. The molecule has 3 nitrogen and oxygen atoms in total. The van der Waals surface area contributed by atoms with E-state index in [4.69, 9.17) is 5.73 Å². The number of benzene rings is 1. The molecule has 1 amide bonds. The van der Waals surface area contributed by atoms with Gasteiger partial charge in [-0.3, -0.25) is 4.79 Å². The number of rotatable bonds is 5. The Morgan fingerprint density at radius 3 is 2.41 bits per heavy atom. The SMILES string of the molecule is Cc1ccc(CNC(=O)C(N)CC(C)C)cc1. The highest BCUT2D eigenvalue weighted by Crippen LogP contribution is 2.04. The van der Waals surface area contributed by atoms with Crippen molar-refractivity contribution in [2.24, 2.45) is 11.7 Å². The van der Waals surface area contributed by atoms with Gasteiger partial charge in [-0.1, -0.05) is 43.7 Å². The molecule has 3 N–H and O–H groups in total. The lowest BCUT2D eigenvalue weighted by Crippen LogP contribution is -2.40. The highest BCUT2D eigenvalue weighted by atomic mass is 16.2. The van der Waals surface area contributed by atoms with E-state index in [-0.39, 0.29) is 5.91 Å². The van der Waals surface area contributed by atoms with Gasteiger partial charge in [0, 0.05) is 6.54 Å². The lowest BCUT2D eigenvalue weighted by molar-refractivity contribution is -0.122. The fourth-order valence-corrected chi connectivity index (χ4v) is 1.64. The van der Waals surface area contributed by atoms with Crippen molar-refractivity contribution in [1.29, 1.82) is 0 Å². The number of nitrogens with one attached hydrogen (secondary N) is 1. The lowest BCUT2D eigenvalue weighted by atomic mass is 10.0. The molecule has 94 valence electrons. The first kappa shape index (κ1) is 13.7. The van der Waals surface area contributed by atoms with Crippen LogP contribution >= 0.6 is 0 Å². The van der Waals surface area contributed by atoms with E-state index in [9.17, 15) is 4.79 Å². The molecule has 0 radical (unpaired) electrons. The average molecular weight is 234 g/mol. The van der Waals surface area contributed by atoms with Crippen molar-refractivity contribution in [3.8, 4) is 0 Å². The van der Waals surface area contributed by atoms with E-state index >= 15 is 0 Å². The summed E-state index contributed by atoms with van der Waals surface area (Å²) >= 11 is 0. The van der Waals surface area contributed by atoms with Crippen LogP contribution in [0.4, 0.5) is 0 Å². The summed E-state index contributed by atoms with van der Waals surface area (Å²) in [5.41, 5.74) is 8.11. The zero-order valence-corrected chi connectivity index (χ0v) is 10.9. The molecule has 0 spiro atoms. The van der Waals surface area contributed by atoms with Gasteiger partial charge in [-0.2, -0.15) is 0 Å². The number of hydrogen-bond acceptors (Lipinski definition) is 2. The Labute approximate surface area is 103 Å². The molecule has 0 saturated carbocycles. The van der Waals surface area contributed by atoms with Gasteiger partial charge in [0.25, 0.3) is 0 Å². The van der Waals surface area contributed by atoms with Crippen LogP contribution in [0.15, 0.2) is 24.3 Å². The Bertz CT molecular complexity index is 357. The first-order valence-corrected chi connectivity index (χ1v) is 6.08. The minimum Gasteiger partial charge on any atom is -0.351 e. The Kier molecular flexibility index (Phi) is 5.16. The highest BCUT2D eigenvalue weighted by molar-refractivity contribution is 5.81. The Morgan fingerprint density at radius 1 is 1.29 bits per heavy atom. The summed E-state index contributed by atoms with van der Waals surface area (Å²) in [7, 11) is 0. The molecule has 0 fully saturated rings. The van der Waals surface area contributed by atoms with Gasteiger partial charge < -0.3 is 11.1 Å². The van der Waals surface area contributed by atoms with E-state index in [2.05, 4.69) is 19.2 Å². The van der Waals surface area contributed by atoms with Crippen LogP contribution in [0.3, 0.4) is 0 Å². The largest absolute Gasteiger partial charge is 0.351 e. The van der Waals surface area contributed by atoms with Gasteiger partial charge in [-0.05, 0) is 24.8 Å². The van der Waals surface area contributed by atoms with Crippen LogP contribution in [0, 0.1) is 12.8 Å². The smallest absolute Gasteiger partial charge is 0.237 e. The Morgan fingerprint density at radius 2 is 1.88 bits per heavy atom. The van der Waals surface area contributed by atoms with Crippen molar-refractivity contribution in [2.75, 3.05) is 0 Å². The molecular formula is C14H22N2O. The van der Waals surface area contributed by atoms with Crippen LogP contribution in [0.5, 0.6) is 0 Å². The van der Waals surface area contributed by atoms with E-state index in [0.717, 1.165) is 12.0 Å². The minimum absolute atomic E-state index is 0.0701. The van der Waals surface area contributed by atoms with Crippen LogP contribution in [0.1, 0.15) is 31.4 Å². The van der Waals surface area contributed by atoms with Crippen LogP contribution < -0.4 is 11.1 Å². The van der Waals surface area contributed by atoms with Gasteiger partial charge in [0.1, 0.15) is 0 Å². The van der Waals surface area contributed by atoms with Gasteiger partial charge >= 0.3 is 0 Å². The summed E-state index contributed by atoms with van der Waals surface area (Å²) in [4.78, 5) is 11.7. The van der Waals surface area contributed by atoms with E-state index in [1.54, 1.807) is 0 Å². The average Bonchev–Trinajstić information content (AvgIpc) is 2.27. The maximum atomic E-state index is 11.7. The van der Waals surface area contributed by atoms with Gasteiger partial charge in [0.05, 0.1) is 6.04 Å². The summed E-state index contributed by atoms with van der Waals surface area (Å²) in [5, 5.41) is 2.86. The van der Waals surface area contributed by atoms with E-state index < -0.39 is 6.04 Å². The standard InChI is InChI=1S/C14H22N2O/c1-10(2)8-13(15)14(17)16-9-12-6-4-11(3)5-7-12/h4-7,10,13H,8-9,15H2,1-3H3,(H,16,17). The second kappa shape index (κ2) is 6.40. The zero-order valence-electron chi connectivity index (χ0n) is 10.9. The van der Waals surface area contributed by atoms with E-state index in [1.165, 1.54) is 5.56 Å². The van der Waals surface area contributed by atoms with Gasteiger partial charge in [0.2, 0.25) is 5.91 Å². The van der Waals surface area contributed by atoms with Gasteiger partial charge in [-0.25, -0.2) is 0 Å². The normalized spacial score (nSPS) is 12.5. The monoisotopic (exact) mass is 234 g/mol. The molecule has 17 heavy (non-hydrogen) atoms. The molecule has 1 aromatic carbocycles. The third-order valence-electron chi connectivity index (χ3n) is 2.65. The van der Waals surface area contributed by atoms with Crippen molar-refractivity contribution < 1.29 is 4.79 Å². The topological polar surface area (TPSA) is 55.1 Å². The molecule has 0 aromatic heterocycles. The van der Waals surface area contributed by atoms with Crippen molar-refractivity contribution in [2.45, 2.75) is 39.8 Å². The second-order valence-electron chi connectivity index (χ2n) is 4.94. The van der Waals surface area contributed by atoms with Crippen molar-refractivity contribution in [1.82, 2.24) is 5.32 Å². The Hall–Kier alpha value is -1.35. The first-order chi connectivity index (χ1) is 7.99. The molecular weight excluding hydrogens is 212 g/mol. The lowest BCUT2D eigenvalue weighted by Gasteiger charge is -2.14. The summed E-state index contributed by atoms with van der Waals surface area (Å²) in [6, 6.07) is 7.71. The molecule has 0 aliphatic heterocycles. The number of hydrogen-bond donors (Lipinski definition) is 2.